The molecule has 8 nitrogen and oxygen atoms in total. The number of ether oxygens (including phenoxy) is 2. The summed E-state index contributed by atoms with van der Waals surface area (Å²) in [4.78, 5) is 11.8. The lowest BCUT2D eigenvalue weighted by atomic mass is 9.88. The van der Waals surface area contributed by atoms with Crippen LogP contribution in [0.2, 0.25) is 0 Å². The number of carbonyl (C=O) groups is 1. The molecule has 0 saturated heterocycles. The lowest BCUT2D eigenvalue weighted by molar-refractivity contribution is -0.171. The number of rotatable bonds is 16. The van der Waals surface area contributed by atoms with Gasteiger partial charge in [-0.3, -0.25) is 0 Å². The molecular formula is C20H36O8. The Labute approximate surface area is 166 Å². The molecule has 0 spiro atoms. The van der Waals surface area contributed by atoms with Crippen LogP contribution in [0.1, 0.15) is 71.1 Å². The van der Waals surface area contributed by atoms with E-state index in [2.05, 4.69) is 6.92 Å². The molecule has 5 N–H and O–H groups in total. The summed E-state index contributed by atoms with van der Waals surface area (Å²) in [5.41, 5.74) is -1.92. The summed E-state index contributed by atoms with van der Waals surface area (Å²) >= 11 is 0. The van der Waals surface area contributed by atoms with Gasteiger partial charge in [0.15, 0.2) is 5.76 Å². The molecule has 8 heteroatoms. The fraction of sp³-hybridized carbons (Fsp3) is 0.850. The molecule has 0 amide bonds. The molecule has 1 heterocycles. The number of aliphatic hydroxyl groups excluding tert-OH is 5. The highest BCUT2D eigenvalue weighted by Crippen LogP contribution is 2.39. The van der Waals surface area contributed by atoms with E-state index in [0.29, 0.717) is 6.42 Å². The largest absolute Gasteiger partial charge is 0.499 e. The molecule has 1 rings (SSSR count). The van der Waals surface area contributed by atoms with Gasteiger partial charge in [-0.2, -0.15) is 0 Å². The minimum atomic E-state index is -1.92. The smallest absolute Gasteiger partial charge is 0.378 e. The Balaban J connectivity index is 2.54. The van der Waals surface area contributed by atoms with Crippen molar-refractivity contribution in [3.63, 3.8) is 0 Å². The molecule has 0 aliphatic carbocycles. The van der Waals surface area contributed by atoms with Crippen molar-refractivity contribution < 1.29 is 39.8 Å². The van der Waals surface area contributed by atoms with Gasteiger partial charge in [0.05, 0.1) is 25.9 Å². The first kappa shape index (κ1) is 24.7. The minimum absolute atomic E-state index is 0.195. The van der Waals surface area contributed by atoms with E-state index in [1.54, 1.807) is 0 Å². The van der Waals surface area contributed by atoms with Crippen molar-refractivity contribution >= 4 is 5.97 Å². The summed E-state index contributed by atoms with van der Waals surface area (Å²) in [7, 11) is 0. The summed E-state index contributed by atoms with van der Waals surface area (Å²) in [6, 6.07) is 0. The van der Waals surface area contributed by atoms with Crippen molar-refractivity contribution in [1.29, 1.82) is 0 Å². The summed E-state index contributed by atoms with van der Waals surface area (Å²) in [6.07, 6.45) is 6.71. The van der Waals surface area contributed by atoms with Gasteiger partial charge in [-0.25, -0.2) is 4.79 Å². The van der Waals surface area contributed by atoms with Crippen molar-refractivity contribution in [3.05, 3.63) is 11.5 Å². The van der Waals surface area contributed by atoms with Crippen LogP contribution in [0.3, 0.4) is 0 Å². The Kier molecular flexibility index (Phi) is 11.4. The molecule has 1 aliphatic heterocycles. The Morgan fingerprint density at radius 1 is 0.964 bits per heavy atom. The van der Waals surface area contributed by atoms with E-state index in [9.17, 15) is 25.2 Å². The van der Waals surface area contributed by atoms with Crippen molar-refractivity contribution in [2.75, 3.05) is 19.8 Å². The second-order valence-electron chi connectivity index (χ2n) is 7.37. The van der Waals surface area contributed by atoms with Crippen molar-refractivity contribution in [2.45, 2.75) is 88.9 Å². The van der Waals surface area contributed by atoms with E-state index in [1.165, 1.54) is 32.1 Å². The molecule has 164 valence electrons. The van der Waals surface area contributed by atoms with Crippen LogP contribution in [0.25, 0.3) is 0 Å². The number of carbonyl (C=O) groups excluding carboxylic acids is 1. The first-order chi connectivity index (χ1) is 13.4. The zero-order valence-electron chi connectivity index (χ0n) is 16.8. The zero-order valence-corrected chi connectivity index (χ0v) is 16.8. The standard InChI is InChI=1S/C20H36O8/c1-2-3-4-5-6-7-8-9-10-11-27-18-17(25)19(26)28-20(18,16(24)14-22)12-15(23)13-21/h15-16,21-25H,2-14H2,1H3/t15?,16-,20+/m0/s1. The monoisotopic (exact) mass is 404 g/mol. The van der Waals surface area contributed by atoms with Crippen molar-refractivity contribution in [3.8, 4) is 0 Å². The molecule has 0 fully saturated rings. The van der Waals surface area contributed by atoms with E-state index >= 15 is 0 Å². The van der Waals surface area contributed by atoms with E-state index in [4.69, 9.17) is 14.6 Å². The molecule has 3 atom stereocenters. The van der Waals surface area contributed by atoms with E-state index in [1.807, 2.05) is 0 Å². The minimum Gasteiger partial charge on any atom is -0.499 e. The number of cyclic esters (lactones) is 1. The first-order valence-corrected chi connectivity index (χ1v) is 10.3. The molecule has 28 heavy (non-hydrogen) atoms. The van der Waals surface area contributed by atoms with E-state index < -0.39 is 49.2 Å². The summed E-state index contributed by atoms with van der Waals surface area (Å²) in [5, 5.41) is 48.4. The summed E-state index contributed by atoms with van der Waals surface area (Å²) in [6.45, 7) is 0.975. The maximum Gasteiger partial charge on any atom is 0.378 e. The molecule has 0 saturated carbocycles. The number of hydrogen-bond donors (Lipinski definition) is 5. The Morgan fingerprint density at radius 2 is 1.54 bits per heavy atom. The third kappa shape index (κ3) is 6.92. The quantitative estimate of drug-likeness (QED) is 0.194. The third-order valence-corrected chi connectivity index (χ3v) is 5.02. The number of hydrogen-bond acceptors (Lipinski definition) is 8. The highest BCUT2D eigenvalue weighted by atomic mass is 16.6. The van der Waals surface area contributed by atoms with Crippen LogP contribution >= 0.6 is 0 Å². The van der Waals surface area contributed by atoms with Gasteiger partial charge in [-0.1, -0.05) is 58.3 Å². The zero-order chi connectivity index (χ0) is 21.0. The molecule has 0 bridgehead atoms. The second kappa shape index (κ2) is 13.0. The van der Waals surface area contributed by atoms with E-state index in [-0.39, 0.29) is 12.4 Å². The Hall–Kier alpha value is -1.35. The van der Waals surface area contributed by atoms with Crippen LogP contribution in [0, 0.1) is 0 Å². The van der Waals surface area contributed by atoms with Gasteiger partial charge >= 0.3 is 5.97 Å². The third-order valence-electron chi connectivity index (χ3n) is 5.02. The van der Waals surface area contributed by atoms with Crippen molar-refractivity contribution in [2.24, 2.45) is 0 Å². The van der Waals surface area contributed by atoms with Gasteiger partial charge < -0.3 is 35.0 Å². The lowest BCUT2D eigenvalue weighted by Crippen LogP contribution is -2.50. The SMILES string of the molecule is CCCCCCCCCCCOC1=C(O)C(=O)O[C@]1(CC(O)CO)[C@@H](O)CO. The maximum absolute atomic E-state index is 11.8. The fourth-order valence-corrected chi connectivity index (χ4v) is 3.38. The average molecular weight is 405 g/mol. The summed E-state index contributed by atoms with van der Waals surface area (Å²) in [5.74, 6) is -2.18. The molecule has 1 aliphatic rings. The molecular weight excluding hydrogens is 368 g/mol. The number of aliphatic hydroxyl groups is 5. The van der Waals surface area contributed by atoms with Gasteiger partial charge in [0.1, 0.15) is 6.10 Å². The molecule has 0 aromatic rings. The van der Waals surface area contributed by atoms with Crippen LogP contribution in [0.5, 0.6) is 0 Å². The molecule has 0 aromatic heterocycles. The van der Waals surface area contributed by atoms with Gasteiger partial charge in [-0.15, -0.1) is 0 Å². The summed E-state index contributed by atoms with van der Waals surface area (Å²) < 4.78 is 10.6. The fourth-order valence-electron chi connectivity index (χ4n) is 3.38. The van der Waals surface area contributed by atoms with Crippen LogP contribution in [0.4, 0.5) is 0 Å². The predicted octanol–water partition coefficient (Wildman–Crippen LogP) is 1.70. The van der Waals surface area contributed by atoms with Crippen LogP contribution in [0.15, 0.2) is 11.5 Å². The Bertz CT molecular complexity index is 493. The van der Waals surface area contributed by atoms with Crippen molar-refractivity contribution in [1.82, 2.24) is 0 Å². The number of unbranched alkanes of at least 4 members (excludes halogenated alkanes) is 8. The lowest BCUT2D eigenvalue weighted by Gasteiger charge is -2.34. The maximum atomic E-state index is 11.8. The second-order valence-corrected chi connectivity index (χ2v) is 7.37. The average Bonchev–Trinajstić information content (AvgIpc) is 2.93. The normalized spacial score (nSPS) is 21.7. The van der Waals surface area contributed by atoms with Gasteiger partial charge in [0.25, 0.3) is 0 Å². The number of esters is 1. The molecule has 0 aromatic carbocycles. The molecule has 0 radical (unpaired) electrons. The highest BCUT2D eigenvalue weighted by Gasteiger charge is 2.55. The van der Waals surface area contributed by atoms with Crippen LogP contribution < -0.4 is 0 Å². The molecule has 1 unspecified atom stereocenters. The van der Waals surface area contributed by atoms with Crippen LogP contribution in [-0.2, 0) is 14.3 Å². The highest BCUT2D eigenvalue weighted by molar-refractivity contribution is 5.90. The van der Waals surface area contributed by atoms with E-state index in [0.717, 1.165) is 19.3 Å². The topological polar surface area (TPSA) is 137 Å². The van der Waals surface area contributed by atoms with Crippen LogP contribution in [-0.4, -0.2) is 69.1 Å². The Morgan fingerprint density at radius 3 is 2.07 bits per heavy atom. The predicted molar refractivity (Wildman–Crippen MR) is 102 cm³/mol. The first-order valence-electron chi connectivity index (χ1n) is 10.3. The van der Waals surface area contributed by atoms with Gasteiger partial charge in [0.2, 0.25) is 11.4 Å². The van der Waals surface area contributed by atoms with Gasteiger partial charge in [-0.05, 0) is 6.42 Å². The van der Waals surface area contributed by atoms with Gasteiger partial charge in [0, 0.05) is 6.42 Å².